The van der Waals surface area contributed by atoms with E-state index in [1.807, 2.05) is 0 Å². The second kappa shape index (κ2) is 7.74. The van der Waals surface area contributed by atoms with Gasteiger partial charge in [-0.15, -0.1) is 3.89 Å². The average Bonchev–Trinajstić information content (AvgIpc) is 2.59. The van der Waals surface area contributed by atoms with Gasteiger partial charge in [0.05, 0.1) is 12.0 Å². The molecule has 2 aromatic rings. The van der Waals surface area contributed by atoms with Crippen molar-refractivity contribution in [1.29, 1.82) is 0 Å². The Morgan fingerprint density at radius 2 is 1.88 bits per heavy atom. The number of nitro benzene ring substituents is 1. The first kappa shape index (κ1) is 19.1. The fourth-order valence-corrected chi connectivity index (χ4v) is 2.67. The molecule has 1 N–H and O–H groups in total. The lowest BCUT2D eigenvalue weighted by Crippen LogP contribution is -2.08. The van der Waals surface area contributed by atoms with Gasteiger partial charge in [-0.2, -0.15) is 8.42 Å². The van der Waals surface area contributed by atoms with Crippen LogP contribution in [0.25, 0.3) is 6.08 Å². The predicted octanol–water partition coefficient (Wildman–Crippen LogP) is 2.91. The Bertz CT molecular complexity index is 971. The lowest BCUT2D eigenvalue weighted by atomic mass is 10.2. The van der Waals surface area contributed by atoms with E-state index in [1.54, 1.807) is 0 Å². The van der Waals surface area contributed by atoms with Gasteiger partial charge in [-0.1, -0.05) is 0 Å². The summed E-state index contributed by atoms with van der Waals surface area (Å²) in [5.74, 6) is -0.789. The van der Waals surface area contributed by atoms with Gasteiger partial charge < -0.3 is 10.1 Å². The number of hydrogen-bond donors (Lipinski definition) is 1. The maximum atomic E-state index is 13.3. The molecule has 0 aliphatic heterocycles. The van der Waals surface area contributed by atoms with Crippen LogP contribution in [0.1, 0.15) is 5.56 Å². The summed E-state index contributed by atoms with van der Waals surface area (Å²) in [7, 11) is -3.83. The molecule has 10 heteroatoms. The normalized spacial score (nSPS) is 11.3. The fourth-order valence-electron chi connectivity index (χ4n) is 2.01. The van der Waals surface area contributed by atoms with Crippen LogP contribution in [-0.2, 0) is 15.0 Å². The highest BCUT2D eigenvalue weighted by Gasteiger charge is 2.19. The van der Waals surface area contributed by atoms with Crippen LogP contribution in [0.3, 0.4) is 0 Å². The van der Waals surface area contributed by atoms with Gasteiger partial charge in [0.15, 0.2) is 0 Å². The Balaban J connectivity index is 2.13. The molecule has 2 rings (SSSR count). The number of nitrogens with one attached hydrogen (secondary N) is 1. The van der Waals surface area contributed by atoms with E-state index in [1.165, 1.54) is 49.6 Å². The third-order valence-corrected chi connectivity index (χ3v) is 4.07. The van der Waals surface area contributed by atoms with E-state index >= 15 is 0 Å². The highest BCUT2D eigenvalue weighted by molar-refractivity contribution is 7.86. The first-order valence-electron chi connectivity index (χ1n) is 7.07. The van der Waals surface area contributed by atoms with Crippen molar-refractivity contribution in [3.8, 4) is 5.75 Å². The van der Waals surface area contributed by atoms with Gasteiger partial charge in [0.25, 0.3) is 5.69 Å². The summed E-state index contributed by atoms with van der Waals surface area (Å²) in [4.78, 5) is 21.2. The molecule has 0 saturated carbocycles. The van der Waals surface area contributed by atoms with Gasteiger partial charge in [0.1, 0.15) is 10.6 Å². The molecule has 136 valence electrons. The molecular formula is C16H13FN2O6S. The Labute approximate surface area is 148 Å². The molecule has 0 bridgehead atoms. The number of nitrogens with zero attached hydrogens (tertiary/aromatic N) is 1. The van der Waals surface area contributed by atoms with Crippen molar-refractivity contribution < 1.29 is 26.8 Å². The minimum atomic E-state index is -5.02. The van der Waals surface area contributed by atoms with E-state index in [0.717, 1.165) is 12.1 Å². The van der Waals surface area contributed by atoms with Crippen molar-refractivity contribution >= 4 is 33.6 Å². The number of ether oxygens (including phenoxy) is 1. The smallest absolute Gasteiger partial charge is 0.335 e. The van der Waals surface area contributed by atoms with E-state index in [-0.39, 0.29) is 17.1 Å². The van der Waals surface area contributed by atoms with Crippen molar-refractivity contribution in [2.75, 3.05) is 12.4 Å². The van der Waals surface area contributed by atoms with E-state index in [9.17, 15) is 27.2 Å². The van der Waals surface area contributed by atoms with E-state index in [4.69, 9.17) is 4.74 Å². The van der Waals surface area contributed by atoms with Crippen LogP contribution >= 0.6 is 0 Å². The number of benzene rings is 2. The number of halogens is 1. The van der Waals surface area contributed by atoms with Gasteiger partial charge in [-0.05, 0) is 42.0 Å². The molecular weight excluding hydrogens is 367 g/mol. The lowest BCUT2D eigenvalue weighted by molar-refractivity contribution is -0.384. The molecule has 0 unspecified atom stereocenters. The zero-order chi connectivity index (χ0) is 19.3. The number of nitro groups is 1. The summed E-state index contributed by atoms with van der Waals surface area (Å²) in [6.45, 7) is 0. The Morgan fingerprint density at radius 3 is 2.42 bits per heavy atom. The van der Waals surface area contributed by atoms with Crippen LogP contribution in [0.15, 0.2) is 53.4 Å². The predicted molar refractivity (Wildman–Crippen MR) is 92.0 cm³/mol. The molecule has 0 saturated heterocycles. The molecule has 0 radical (unpaired) electrons. The second-order valence-electron chi connectivity index (χ2n) is 4.97. The summed E-state index contributed by atoms with van der Waals surface area (Å²) >= 11 is 0. The molecule has 0 spiro atoms. The van der Waals surface area contributed by atoms with E-state index < -0.39 is 25.9 Å². The topological polar surface area (TPSA) is 116 Å². The first-order chi connectivity index (χ1) is 12.2. The summed E-state index contributed by atoms with van der Waals surface area (Å²) in [6.07, 6.45) is 2.56. The van der Waals surface area contributed by atoms with Gasteiger partial charge in [-0.25, -0.2) is 0 Å². The van der Waals surface area contributed by atoms with Gasteiger partial charge in [0.2, 0.25) is 5.91 Å². The fraction of sp³-hybridized carbons (Fsp3) is 0.0625. The van der Waals surface area contributed by atoms with Gasteiger partial charge in [0, 0.05) is 23.9 Å². The maximum absolute atomic E-state index is 13.3. The molecule has 0 fully saturated rings. The highest BCUT2D eigenvalue weighted by Crippen LogP contribution is 2.28. The van der Waals surface area contributed by atoms with E-state index in [0.29, 0.717) is 5.56 Å². The summed E-state index contributed by atoms with van der Waals surface area (Å²) in [6, 6.07) is 9.00. The number of amides is 1. The quantitative estimate of drug-likeness (QED) is 0.356. The minimum Gasteiger partial charge on any atom is -0.495 e. The third-order valence-electron chi connectivity index (χ3n) is 3.22. The van der Waals surface area contributed by atoms with Gasteiger partial charge in [-0.3, -0.25) is 14.9 Å². The van der Waals surface area contributed by atoms with Crippen molar-refractivity contribution in [1.82, 2.24) is 0 Å². The Hall–Kier alpha value is -3.27. The molecule has 0 atom stereocenters. The van der Waals surface area contributed by atoms with Gasteiger partial charge >= 0.3 is 10.2 Å². The SMILES string of the molecule is COc1ccc(NC(=O)/C=C/c2ccc([N+](=O)[O-])cc2)cc1S(=O)(=O)F. The monoisotopic (exact) mass is 380 g/mol. The highest BCUT2D eigenvalue weighted by atomic mass is 32.3. The molecule has 0 aliphatic carbocycles. The number of hydrogen-bond acceptors (Lipinski definition) is 6. The zero-order valence-electron chi connectivity index (χ0n) is 13.4. The summed E-state index contributed by atoms with van der Waals surface area (Å²) in [5.41, 5.74) is 0.526. The molecule has 0 heterocycles. The zero-order valence-corrected chi connectivity index (χ0v) is 14.2. The molecule has 1 amide bonds. The van der Waals surface area contributed by atoms with Crippen molar-refractivity contribution in [2.24, 2.45) is 0 Å². The summed E-state index contributed by atoms with van der Waals surface area (Å²) in [5, 5.41) is 13.0. The second-order valence-corrected chi connectivity index (χ2v) is 6.29. The number of anilines is 1. The molecule has 2 aromatic carbocycles. The standard InChI is InChI=1S/C16H13FN2O6S/c1-25-14-8-5-12(10-15(14)26(17,23)24)18-16(20)9-4-11-2-6-13(7-3-11)19(21)22/h2-10H,1H3,(H,18,20)/b9-4+. The third kappa shape index (κ3) is 4.86. The van der Waals surface area contributed by atoms with Crippen molar-refractivity contribution in [2.45, 2.75) is 4.90 Å². The van der Waals surface area contributed by atoms with Crippen LogP contribution in [0.2, 0.25) is 0 Å². The Morgan fingerprint density at radius 1 is 1.23 bits per heavy atom. The average molecular weight is 380 g/mol. The number of carbonyl (C=O) groups is 1. The van der Waals surface area contributed by atoms with Crippen LogP contribution in [0, 0.1) is 10.1 Å². The lowest BCUT2D eigenvalue weighted by Gasteiger charge is -2.08. The number of methoxy groups -OCH3 is 1. The number of non-ortho nitro benzene ring substituents is 1. The number of carbonyl (C=O) groups excluding carboxylic acids is 1. The van der Waals surface area contributed by atoms with Crippen molar-refractivity contribution in [3.05, 3.63) is 64.2 Å². The van der Waals surface area contributed by atoms with Crippen LogP contribution in [0.5, 0.6) is 5.75 Å². The maximum Gasteiger partial charge on any atom is 0.335 e. The van der Waals surface area contributed by atoms with Crippen LogP contribution < -0.4 is 10.1 Å². The molecule has 8 nitrogen and oxygen atoms in total. The van der Waals surface area contributed by atoms with Crippen molar-refractivity contribution in [3.63, 3.8) is 0 Å². The van der Waals surface area contributed by atoms with Crippen LogP contribution in [0.4, 0.5) is 15.3 Å². The molecule has 0 aliphatic rings. The Kier molecular flexibility index (Phi) is 5.68. The van der Waals surface area contributed by atoms with E-state index in [2.05, 4.69) is 5.32 Å². The van der Waals surface area contributed by atoms with Crippen LogP contribution in [-0.4, -0.2) is 26.4 Å². The summed E-state index contributed by atoms with van der Waals surface area (Å²) < 4.78 is 40.3. The minimum absolute atomic E-state index is 0.0559. The first-order valence-corrected chi connectivity index (χ1v) is 8.45. The number of rotatable bonds is 6. The molecule has 0 aromatic heterocycles. The largest absolute Gasteiger partial charge is 0.495 e. The molecule has 26 heavy (non-hydrogen) atoms.